The second-order valence-corrected chi connectivity index (χ2v) is 6.01. The van der Waals surface area contributed by atoms with E-state index < -0.39 is 5.91 Å². The Hall–Kier alpha value is -2.87. The van der Waals surface area contributed by atoms with Gasteiger partial charge in [-0.1, -0.05) is 15.9 Å². The molecule has 0 aliphatic heterocycles. The van der Waals surface area contributed by atoms with Gasteiger partial charge in [0.2, 0.25) is 11.8 Å². The van der Waals surface area contributed by atoms with E-state index in [-0.39, 0.29) is 30.2 Å². The van der Waals surface area contributed by atoms with Crippen LogP contribution in [0.3, 0.4) is 0 Å². The fourth-order valence-corrected chi connectivity index (χ4v) is 2.12. The molecule has 0 bridgehead atoms. The molecule has 0 aliphatic rings. The molecule has 0 aromatic heterocycles. The number of phenolic OH excluding ortho intramolecular Hbond substituents is 2. The van der Waals surface area contributed by atoms with E-state index in [1.165, 1.54) is 18.3 Å². The minimum absolute atomic E-state index is 0.0158. The van der Waals surface area contributed by atoms with E-state index in [0.717, 1.165) is 10.5 Å². The Bertz CT molecular complexity index is 791. The lowest BCUT2D eigenvalue weighted by molar-refractivity contribution is -0.124. The molecule has 2 amide bonds. The molecule has 0 heterocycles. The highest BCUT2D eigenvalue weighted by Gasteiger charge is 2.07. The molecule has 0 saturated carbocycles. The van der Waals surface area contributed by atoms with E-state index in [0.29, 0.717) is 11.3 Å². The Morgan fingerprint density at radius 1 is 1.04 bits per heavy atom. The summed E-state index contributed by atoms with van der Waals surface area (Å²) in [6.45, 7) is 0. The Morgan fingerprint density at radius 3 is 2.40 bits per heavy atom. The Morgan fingerprint density at radius 2 is 1.72 bits per heavy atom. The third-order valence-corrected chi connectivity index (χ3v) is 3.64. The molecule has 2 aromatic rings. The van der Waals surface area contributed by atoms with E-state index in [4.69, 9.17) is 0 Å². The summed E-state index contributed by atoms with van der Waals surface area (Å²) < 4.78 is 0.905. The van der Waals surface area contributed by atoms with Gasteiger partial charge in [-0.3, -0.25) is 9.59 Å². The number of benzene rings is 2. The first-order chi connectivity index (χ1) is 11.9. The number of carbonyl (C=O) groups is 2. The van der Waals surface area contributed by atoms with Crippen LogP contribution < -0.4 is 10.7 Å². The quantitative estimate of drug-likeness (QED) is 0.437. The van der Waals surface area contributed by atoms with Gasteiger partial charge < -0.3 is 15.5 Å². The van der Waals surface area contributed by atoms with Crippen LogP contribution in [0.5, 0.6) is 11.5 Å². The number of hydrogen-bond donors (Lipinski definition) is 4. The Balaban J connectivity index is 1.75. The number of aromatic hydroxyl groups is 2. The molecule has 130 valence electrons. The SMILES string of the molecule is O=C(CCC(=O)Nc1ccc(Br)cc1)N/N=C/c1ccc(O)cc1O. The van der Waals surface area contributed by atoms with Crippen molar-refractivity contribution in [1.82, 2.24) is 5.43 Å². The summed E-state index contributed by atoms with van der Waals surface area (Å²) in [5.41, 5.74) is 3.26. The fourth-order valence-electron chi connectivity index (χ4n) is 1.85. The first-order valence-electron chi connectivity index (χ1n) is 7.33. The van der Waals surface area contributed by atoms with Crippen molar-refractivity contribution in [3.05, 3.63) is 52.5 Å². The zero-order chi connectivity index (χ0) is 18.2. The molecule has 0 atom stereocenters. The maximum Gasteiger partial charge on any atom is 0.240 e. The lowest BCUT2D eigenvalue weighted by Crippen LogP contribution is -2.20. The van der Waals surface area contributed by atoms with Gasteiger partial charge in [0.05, 0.1) is 6.21 Å². The second kappa shape index (κ2) is 8.84. The molecule has 0 radical (unpaired) electrons. The van der Waals surface area contributed by atoms with Gasteiger partial charge in [0.1, 0.15) is 11.5 Å². The van der Waals surface area contributed by atoms with Crippen molar-refractivity contribution in [2.75, 3.05) is 5.32 Å². The van der Waals surface area contributed by atoms with Crippen LogP contribution >= 0.6 is 15.9 Å². The molecule has 0 saturated heterocycles. The molecule has 2 aromatic carbocycles. The zero-order valence-corrected chi connectivity index (χ0v) is 14.7. The second-order valence-electron chi connectivity index (χ2n) is 5.09. The van der Waals surface area contributed by atoms with E-state index >= 15 is 0 Å². The van der Waals surface area contributed by atoms with Crippen LogP contribution in [-0.4, -0.2) is 28.2 Å². The average molecular weight is 406 g/mol. The number of anilines is 1. The molecule has 0 unspecified atom stereocenters. The first-order valence-corrected chi connectivity index (χ1v) is 8.12. The predicted molar refractivity (Wildman–Crippen MR) is 97.5 cm³/mol. The van der Waals surface area contributed by atoms with Crippen molar-refractivity contribution >= 4 is 39.6 Å². The summed E-state index contributed by atoms with van der Waals surface area (Å²) in [7, 11) is 0. The van der Waals surface area contributed by atoms with Gasteiger partial charge in [-0.25, -0.2) is 5.43 Å². The molecular weight excluding hydrogens is 390 g/mol. The van der Waals surface area contributed by atoms with Gasteiger partial charge in [0.25, 0.3) is 0 Å². The van der Waals surface area contributed by atoms with Gasteiger partial charge in [0, 0.05) is 34.6 Å². The number of carbonyl (C=O) groups excluding carboxylic acids is 2. The predicted octanol–water partition coefficient (Wildman–Crippen LogP) is 2.73. The number of nitrogens with zero attached hydrogens (tertiary/aromatic N) is 1. The molecule has 7 nitrogen and oxygen atoms in total. The van der Waals surface area contributed by atoms with Crippen LogP contribution in [0.15, 0.2) is 52.0 Å². The van der Waals surface area contributed by atoms with Crippen LogP contribution in [0.1, 0.15) is 18.4 Å². The third-order valence-electron chi connectivity index (χ3n) is 3.11. The average Bonchev–Trinajstić information content (AvgIpc) is 2.57. The summed E-state index contributed by atoms with van der Waals surface area (Å²) in [5.74, 6) is -0.944. The smallest absolute Gasteiger partial charge is 0.240 e. The highest BCUT2D eigenvalue weighted by atomic mass is 79.9. The number of nitrogens with one attached hydrogen (secondary N) is 2. The minimum atomic E-state index is -0.430. The molecule has 8 heteroatoms. The topological polar surface area (TPSA) is 111 Å². The molecule has 4 N–H and O–H groups in total. The van der Waals surface area contributed by atoms with Crippen molar-refractivity contribution in [2.45, 2.75) is 12.8 Å². The van der Waals surface area contributed by atoms with E-state index in [2.05, 4.69) is 31.8 Å². The number of hydrazone groups is 1. The van der Waals surface area contributed by atoms with E-state index in [1.807, 2.05) is 0 Å². The molecule has 0 fully saturated rings. The number of amides is 2. The number of halogens is 1. The number of rotatable bonds is 6. The number of hydrogen-bond acceptors (Lipinski definition) is 5. The molecule has 0 spiro atoms. The molecular formula is C17H16BrN3O4. The molecule has 25 heavy (non-hydrogen) atoms. The van der Waals surface area contributed by atoms with Crippen LogP contribution in [0, 0.1) is 0 Å². The van der Waals surface area contributed by atoms with Crippen LogP contribution in [0.4, 0.5) is 5.69 Å². The van der Waals surface area contributed by atoms with E-state index in [9.17, 15) is 19.8 Å². The number of phenols is 2. The summed E-state index contributed by atoms with van der Waals surface area (Å²) in [6.07, 6.45) is 1.23. The van der Waals surface area contributed by atoms with Gasteiger partial charge in [0.15, 0.2) is 0 Å². The molecule has 0 aliphatic carbocycles. The van der Waals surface area contributed by atoms with Gasteiger partial charge >= 0.3 is 0 Å². The van der Waals surface area contributed by atoms with Crippen LogP contribution in [0.25, 0.3) is 0 Å². The van der Waals surface area contributed by atoms with Crippen LogP contribution in [0.2, 0.25) is 0 Å². The van der Waals surface area contributed by atoms with Gasteiger partial charge in [-0.2, -0.15) is 5.10 Å². The largest absolute Gasteiger partial charge is 0.508 e. The van der Waals surface area contributed by atoms with Crippen molar-refractivity contribution in [2.24, 2.45) is 5.10 Å². The van der Waals surface area contributed by atoms with Gasteiger partial charge in [-0.05, 0) is 36.4 Å². The van der Waals surface area contributed by atoms with Crippen LogP contribution in [-0.2, 0) is 9.59 Å². The normalized spacial score (nSPS) is 10.6. The van der Waals surface area contributed by atoms with Crippen molar-refractivity contribution < 1.29 is 19.8 Å². The summed E-state index contributed by atoms with van der Waals surface area (Å²) in [6, 6.07) is 11.1. The maximum absolute atomic E-state index is 11.8. The Kier molecular flexibility index (Phi) is 6.53. The standard InChI is InChI=1S/C17H16BrN3O4/c18-12-2-4-13(5-3-12)20-16(24)7-8-17(25)21-19-10-11-1-6-14(22)9-15(11)23/h1-6,9-10,22-23H,7-8H2,(H,20,24)(H,21,25)/b19-10+. The van der Waals surface area contributed by atoms with E-state index in [1.54, 1.807) is 24.3 Å². The Labute approximate surface area is 152 Å². The lowest BCUT2D eigenvalue weighted by Gasteiger charge is -2.05. The summed E-state index contributed by atoms with van der Waals surface area (Å²) in [4.78, 5) is 23.4. The highest BCUT2D eigenvalue weighted by Crippen LogP contribution is 2.20. The molecule has 2 rings (SSSR count). The lowest BCUT2D eigenvalue weighted by atomic mass is 10.2. The van der Waals surface area contributed by atoms with Crippen molar-refractivity contribution in [3.63, 3.8) is 0 Å². The maximum atomic E-state index is 11.8. The van der Waals surface area contributed by atoms with Crippen molar-refractivity contribution in [1.29, 1.82) is 0 Å². The third kappa shape index (κ3) is 6.27. The van der Waals surface area contributed by atoms with Gasteiger partial charge in [-0.15, -0.1) is 0 Å². The minimum Gasteiger partial charge on any atom is -0.508 e. The zero-order valence-electron chi connectivity index (χ0n) is 13.1. The van der Waals surface area contributed by atoms with Crippen molar-refractivity contribution in [3.8, 4) is 11.5 Å². The first kappa shape index (κ1) is 18.5. The summed E-state index contributed by atoms with van der Waals surface area (Å²) in [5, 5.41) is 25.1. The monoisotopic (exact) mass is 405 g/mol. The summed E-state index contributed by atoms with van der Waals surface area (Å²) >= 11 is 3.30. The fraction of sp³-hybridized carbons (Fsp3) is 0.118. The highest BCUT2D eigenvalue weighted by molar-refractivity contribution is 9.10.